The van der Waals surface area contributed by atoms with Crippen molar-refractivity contribution in [2.75, 3.05) is 45.9 Å². The number of nitrogens with zero attached hydrogens (tertiary/aromatic N) is 2. The van der Waals surface area contributed by atoms with E-state index in [1.165, 1.54) is 12.8 Å². The van der Waals surface area contributed by atoms with E-state index in [1.807, 2.05) is 0 Å². The highest BCUT2D eigenvalue weighted by Gasteiger charge is 2.47. The molecule has 3 atom stereocenters. The van der Waals surface area contributed by atoms with Crippen molar-refractivity contribution in [2.45, 2.75) is 25.9 Å². The van der Waals surface area contributed by atoms with Gasteiger partial charge in [-0.25, -0.2) is 0 Å². The maximum atomic E-state index is 12.3. The molecule has 3 aliphatic rings. The summed E-state index contributed by atoms with van der Waals surface area (Å²) in [6.07, 6.45) is 2.59. The second kappa shape index (κ2) is 6.32. The SMILES string of the molecule is CC(=O)N1C[C@@H]2[C@@H](C(=O)NCCN3CCCC3)CO[C@@H]2C1. The van der Waals surface area contributed by atoms with E-state index in [1.54, 1.807) is 11.8 Å². The van der Waals surface area contributed by atoms with Gasteiger partial charge in [0.25, 0.3) is 0 Å². The Balaban J connectivity index is 1.45. The third-order valence-electron chi connectivity index (χ3n) is 5.02. The Morgan fingerprint density at radius 3 is 2.71 bits per heavy atom. The second-order valence-electron chi connectivity index (χ2n) is 6.41. The van der Waals surface area contributed by atoms with Crippen molar-refractivity contribution in [1.82, 2.24) is 15.1 Å². The Morgan fingerprint density at radius 2 is 2.00 bits per heavy atom. The first kappa shape index (κ1) is 14.8. The largest absolute Gasteiger partial charge is 0.375 e. The molecular weight excluding hydrogens is 270 g/mol. The monoisotopic (exact) mass is 295 g/mol. The van der Waals surface area contributed by atoms with Crippen LogP contribution in [0.3, 0.4) is 0 Å². The third kappa shape index (κ3) is 3.21. The van der Waals surface area contributed by atoms with E-state index in [9.17, 15) is 9.59 Å². The van der Waals surface area contributed by atoms with Gasteiger partial charge in [-0.1, -0.05) is 0 Å². The molecule has 21 heavy (non-hydrogen) atoms. The molecule has 3 heterocycles. The minimum Gasteiger partial charge on any atom is -0.375 e. The lowest BCUT2D eigenvalue weighted by Gasteiger charge is -2.19. The molecule has 118 valence electrons. The Kier molecular flexibility index (Phi) is 4.45. The number of fused-ring (bicyclic) bond motifs is 1. The highest BCUT2D eigenvalue weighted by atomic mass is 16.5. The van der Waals surface area contributed by atoms with Crippen LogP contribution in [0.5, 0.6) is 0 Å². The molecule has 0 saturated carbocycles. The molecule has 0 aromatic carbocycles. The Bertz CT molecular complexity index is 409. The third-order valence-corrected chi connectivity index (χ3v) is 5.02. The van der Waals surface area contributed by atoms with Crippen LogP contribution in [0, 0.1) is 11.8 Å². The smallest absolute Gasteiger partial charge is 0.225 e. The molecule has 3 rings (SSSR count). The minimum atomic E-state index is -0.0991. The first-order valence-corrected chi connectivity index (χ1v) is 8.02. The van der Waals surface area contributed by atoms with Crippen LogP contribution in [0.1, 0.15) is 19.8 Å². The first-order valence-electron chi connectivity index (χ1n) is 8.02. The van der Waals surface area contributed by atoms with Crippen LogP contribution in [0.2, 0.25) is 0 Å². The predicted octanol–water partition coefficient (Wildman–Crippen LogP) is -0.308. The molecule has 0 aromatic heterocycles. The number of hydrogen-bond acceptors (Lipinski definition) is 4. The maximum absolute atomic E-state index is 12.3. The summed E-state index contributed by atoms with van der Waals surface area (Å²) in [6, 6.07) is 0. The van der Waals surface area contributed by atoms with Gasteiger partial charge in [0.15, 0.2) is 0 Å². The molecule has 0 radical (unpaired) electrons. The van der Waals surface area contributed by atoms with Crippen molar-refractivity contribution in [3.63, 3.8) is 0 Å². The van der Waals surface area contributed by atoms with Gasteiger partial charge in [0.05, 0.1) is 18.6 Å². The molecule has 6 nitrogen and oxygen atoms in total. The average Bonchev–Trinajstić information content (AvgIpc) is 3.14. The van der Waals surface area contributed by atoms with Crippen molar-refractivity contribution in [3.05, 3.63) is 0 Å². The standard InChI is InChI=1S/C15H25N3O3/c1-11(19)18-8-12-13(10-21-14(12)9-18)15(20)16-4-7-17-5-2-3-6-17/h12-14H,2-10H2,1H3,(H,16,20)/t12-,13+,14-/m1/s1. The van der Waals surface area contributed by atoms with Gasteiger partial charge in [0, 0.05) is 39.0 Å². The average molecular weight is 295 g/mol. The number of carbonyl (C=O) groups excluding carboxylic acids is 2. The Labute approximate surface area is 125 Å². The number of nitrogens with one attached hydrogen (secondary N) is 1. The van der Waals surface area contributed by atoms with Crippen LogP contribution in [0.25, 0.3) is 0 Å². The summed E-state index contributed by atoms with van der Waals surface area (Å²) in [7, 11) is 0. The van der Waals surface area contributed by atoms with Crippen LogP contribution in [0.15, 0.2) is 0 Å². The predicted molar refractivity (Wildman–Crippen MR) is 77.7 cm³/mol. The number of hydrogen-bond donors (Lipinski definition) is 1. The summed E-state index contributed by atoms with van der Waals surface area (Å²) in [5.74, 6) is 0.229. The normalized spacial score (nSPS) is 32.4. The molecule has 2 amide bonds. The van der Waals surface area contributed by atoms with Crippen LogP contribution in [0.4, 0.5) is 0 Å². The molecule has 1 N–H and O–H groups in total. The Morgan fingerprint density at radius 1 is 1.24 bits per heavy atom. The minimum absolute atomic E-state index is 0.0447. The maximum Gasteiger partial charge on any atom is 0.225 e. The molecule has 0 aliphatic carbocycles. The molecular formula is C15H25N3O3. The van der Waals surface area contributed by atoms with E-state index in [-0.39, 0.29) is 29.8 Å². The Hall–Kier alpha value is -1.14. The number of carbonyl (C=O) groups is 2. The van der Waals surface area contributed by atoms with Gasteiger partial charge < -0.3 is 19.9 Å². The van der Waals surface area contributed by atoms with Gasteiger partial charge >= 0.3 is 0 Å². The highest BCUT2D eigenvalue weighted by Crippen LogP contribution is 2.33. The van der Waals surface area contributed by atoms with Gasteiger partial charge in [-0.2, -0.15) is 0 Å². The van der Waals surface area contributed by atoms with Crippen molar-refractivity contribution in [1.29, 1.82) is 0 Å². The highest BCUT2D eigenvalue weighted by molar-refractivity contribution is 5.80. The van der Waals surface area contributed by atoms with Gasteiger partial charge in [0.1, 0.15) is 0 Å². The number of ether oxygens (including phenoxy) is 1. The zero-order valence-electron chi connectivity index (χ0n) is 12.7. The lowest BCUT2D eigenvalue weighted by molar-refractivity contribution is -0.130. The molecule has 6 heteroatoms. The molecule has 3 fully saturated rings. The quantitative estimate of drug-likeness (QED) is 0.773. The molecule has 0 bridgehead atoms. The van der Waals surface area contributed by atoms with Crippen molar-refractivity contribution < 1.29 is 14.3 Å². The van der Waals surface area contributed by atoms with E-state index >= 15 is 0 Å². The molecule has 3 saturated heterocycles. The van der Waals surface area contributed by atoms with Crippen LogP contribution in [-0.2, 0) is 14.3 Å². The summed E-state index contributed by atoms with van der Waals surface area (Å²) in [5, 5.41) is 3.04. The van der Waals surface area contributed by atoms with E-state index in [2.05, 4.69) is 10.2 Å². The summed E-state index contributed by atoms with van der Waals surface area (Å²) < 4.78 is 5.71. The van der Waals surface area contributed by atoms with Crippen LogP contribution < -0.4 is 5.32 Å². The van der Waals surface area contributed by atoms with Crippen molar-refractivity contribution in [3.8, 4) is 0 Å². The molecule has 0 aromatic rings. The summed E-state index contributed by atoms with van der Waals surface area (Å²) in [4.78, 5) is 27.9. The topological polar surface area (TPSA) is 61.9 Å². The van der Waals surface area contributed by atoms with Crippen LogP contribution in [-0.4, -0.2) is 73.6 Å². The van der Waals surface area contributed by atoms with E-state index in [4.69, 9.17) is 4.74 Å². The molecule has 0 spiro atoms. The van der Waals surface area contributed by atoms with Crippen molar-refractivity contribution >= 4 is 11.8 Å². The fourth-order valence-corrected chi connectivity index (χ4v) is 3.71. The van der Waals surface area contributed by atoms with E-state index in [0.717, 1.165) is 19.6 Å². The number of likely N-dealkylation sites (tertiary alicyclic amines) is 2. The zero-order chi connectivity index (χ0) is 14.8. The number of amides is 2. The van der Waals surface area contributed by atoms with Gasteiger partial charge in [-0.15, -0.1) is 0 Å². The van der Waals surface area contributed by atoms with Crippen molar-refractivity contribution in [2.24, 2.45) is 11.8 Å². The lowest BCUT2D eigenvalue weighted by Crippen LogP contribution is -2.40. The van der Waals surface area contributed by atoms with Crippen LogP contribution >= 0.6 is 0 Å². The molecule has 3 aliphatic heterocycles. The zero-order valence-corrected chi connectivity index (χ0v) is 12.7. The first-order chi connectivity index (χ1) is 10.1. The van der Waals surface area contributed by atoms with Gasteiger partial charge in [0.2, 0.25) is 11.8 Å². The summed E-state index contributed by atoms with van der Waals surface area (Å²) >= 11 is 0. The van der Waals surface area contributed by atoms with E-state index in [0.29, 0.717) is 26.2 Å². The van der Waals surface area contributed by atoms with E-state index < -0.39 is 0 Å². The lowest BCUT2D eigenvalue weighted by atomic mass is 9.92. The second-order valence-corrected chi connectivity index (χ2v) is 6.41. The number of rotatable bonds is 4. The summed E-state index contributed by atoms with van der Waals surface area (Å²) in [5.41, 5.74) is 0. The molecule has 0 unspecified atom stereocenters. The van der Waals surface area contributed by atoms with Gasteiger partial charge in [-0.05, 0) is 25.9 Å². The fourth-order valence-electron chi connectivity index (χ4n) is 3.71. The fraction of sp³-hybridized carbons (Fsp3) is 0.867. The summed E-state index contributed by atoms with van der Waals surface area (Å²) in [6.45, 7) is 7.32. The van der Waals surface area contributed by atoms with Gasteiger partial charge in [-0.3, -0.25) is 9.59 Å².